The Labute approximate surface area is 251 Å². The third-order valence-corrected chi connectivity index (χ3v) is 8.01. The van der Waals surface area contributed by atoms with Crippen molar-refractivity contribution in [1.82, 2.24) is 4.98 Å². The molecule has 1 heterocycles. The van der Waals surface area contributed by atoms with Crippen molar-refractivity contribution < 1.29 is 19.5 Å². The van der Waals surface area contributed by atoms with E-state index in [2.05, 4.69) is 46.9 Å². The predicted octanol–water partition coefficient (Wildman–Crippen LogP) is 7.92. The third kappa shape index (κ3) is 5.56. The van der Waals surface area contributed by atoms with E-state index in [-0.39, 0.29) is 34.7 Å². The number of nitrogens with zero attached hydrogens (tertiary/aromatic N) is 1. The lowest BCUT2D eigenvalue weighted by Crippen LogP contribution is -2.18. The zero-order chi connectivity index (χ0) is 30.6. The van der Waals surface area contributed by atoms with Gasteiger partial charge in [0, 0.05) is 28.0 Å². The summed E-state index contributed by atoms with van der Waals surface area (Å²) in [6.07, 6.45) is 0.720. The molecule has 4 aromatic rings. The zero-order valence-electron chi connectivity index (χ0n) is 24.8. The first-order chi connectivity index (χ1) is 19.6. The molecule has 5 rings (SSSR count). The summed E-state index contributed by atoms with van der Waals surface area (Å²) in [4.78, 5) is 44.2. The lowest BCUT2D eigenvalue weighted by molar-refractivity contribution is -0.116. The molecule has 0 saturated heterocycles. The summed E-state index contributed by atoms with van der Waals surface area (Å²) in [5.41, 5.74) is 4.18. The first-order valence-electron chi connectivity index (χ1n) is 14.1. The van der Waals surface area contributed by atoms with Gasteiger partial charge < -0.3 is 10.4 Å². The third-order valence-electron chi connectivity index (χ3n) is 7.78. The molecule has 1 amide bonds. The van der Waals surface area contributed by atoms with Crippen molar-refractivity contribution in [2.24, 2.45) is 0 Å². The number of phenolic OH excluding ortho intramolecular Hbond substituents is 1. The molecule has 7 heteroatoms. The standard InChI is InChI=1S/C35H35ClN2O4/c1-34(2,3)24-16-19(17-25(33(24)42)35(4,5)6)10-15-28(39)37-27-9-7-8-20-11-14-26(38-30(20)27)29-31(40)22-13-12-21(36)18-23(22)32(29)41/h7-9,11-14,16-18,29,42H,10,15H2,1-6H3,(H,37,39)/t29-/m1/s1. The monoisotopic (exact) mass is 582 g/mol. The smallest absolute Gasteiger partial charge is 0.224 e. The first-order valence-corrected chi connectivity index (χ1v) is 14.5. The molecule has 1 aliphatic carbocycles. The van der Waals surface area contributed by atoms with Gasteiger partial charge in [0.15, 0.2) is 11.6 Å². The van der Waals surface area contributed by atoms with E-state index < -0.39 is 5.92 Å². The summed E-state index contributed by atoms with van der Waals surface area (Å²) < 4.78 is 0. The Morgan fingerprint density at radius 3 is 2.17 bits per heavy atom. The van der Waals surface area contributed by atoms with E-state index >= 15 is 0 Å². The van der Waals surface area contributed by atoms with Gasteiger partial charge in [0.1, 0.15) is 11.7 Å². The summed E-state index contributed by atoms with van der Waals surface area (Å²) in [6, 6.07) is 17.6. The van der Waals surface area contributed by atoms with Gasteiger partial charge in [-0.2, -0.15) is 0 Å². The Bertz CT molecular complexity index is 1730. The highest BCUT2D eigenvalue weighted by Gasteiger charge is 2.40. The molecule has 1 aliphatic rings. The van der Waals surface area contributed by atoms with Gasteiger partial charge in [0.25, 0.3) is 0 Å². The molecule has 1 atom stereocenters. The number of carbonyl (C=O) groups is 3. The highest BCUT2D eigenvalue weighted by atomic mass is 35.5. The molecule has 0 radical (unpaired) electrons. The first kappa shape index (κ1) is 29.5. The number of amides is 1. The minimum absolute atomic E-state index is 0.188. The van der Waals surface area contributed by atoms with Gasteiger partial charge in [-0.1, -0.05) is 83.5 Å². The SMILES string of the molecule is CC(C)(C)c1cc(CCC(=O)Nc2cccc3ccc([C@@H]4C(=O)c5ccc(Cl)cc5C4=O)nc23)cc(C(C)(C)C)c1O. The van der Waals surface area contributed by atoms with Gasteiger partial charge in [-0.05, 0) is 64.3 Å². The number of para-hydroxylation sites is 1. The Kier molecular flexibility index (Phi) is 7.48. The Balaban J connectivity index is 1.39. The average Bonchev–Trinajstić information content (AvgIpc) is 3.15. The van der Waals surface area contributed by atoms with Crippen molar-refractivity contribution in [3.8, 4) is 5.75 Å². The van der Waals surface area contributed by atoms with Crippen molar-refractivity contribution in [2.45, 2.75) is 71.1 Å². The number of hydrogen-bond donors (Lipinski definition) is 2. The second-order valence-electron chi connectivity index (χ2n) is 13.1. The second kappa shape index (κ2) is 10.7. The molecule has 42 heavy (non-hydrogen) atoms. The van der Waals surface area contributed by atoms with E-state index in [1.165, 1.54) is 6.07 Å². The number of aromatic hydroxyl groups is 1. The quantitative estimate of drug-likeness (QED) is 0.233. The number of pyridine rings is 1. The maximum Gasteiger partial charge on any atom is 0.224 e. The highest BCUT2D eigenvalue weighted by Crippen LogP contribution is 2.40. The molecular formula is C35H35ClN2O4. The average molecular weight is 583 g/mol. The lowest BCUT2D eigenvalue weighted by atomic mass is 9.78. The number of fused-ring (bicyclic) bond motifs is 2. The summed E-state index contributed by atoms with van der Waals surface area (Å²) in [6.45, 7) is 12.4. The summed E-state index contributed by atoms with van der Waals surface area (Å²) in [7, 11) is 0. The van der Waals surface area contributed by atoms with Gasteiger partial charge in [0.05, 0.1) is 16.9 Å². The van der Waals surface area contributed by atoms with Crippen molar-refractivity contribution in [3.05, 3.63) is 99.2 Å². The highest BCUT2D eigenvalue weighted by molar-refractivity contribution is 6.34. The molecule has 0 spiro atoms. The van der Waals surface area contributed by atoms with Crippen LogP contribution in [0.4, 0.5) is 5.69 Å². The van der Waals surface area contributed by atoms with Gasteiger partial charge >= 0.3 is 0 Å². The zero-order valence-corrected chi connectivity index (χ0v) is 25.5. The number of aryl methyl sites for hydroxylation is 1. The van der Waals surface area contributed by atoms with Gasteiger partial charge in [-0.15, -0.1) is 0 Å². The molecule has 3 aromatic carbocycles. The molecule has 216 valence electrons. The van der Waals surface area contributed by atoms with Crippen molar-refractivity contribution in [1.29, 1.82) is 0 Å². The molecule has 2 N–H and O–H groups in total. The number of ketones is 2. The summed E-state index contributed by atoms with van der Waals surface area (Å²) >= 11 is 6.07. The Morgan fingerprint density at radius 2 is 1.52 bits per heavy atom. The van der Waals surface area contributed by atoms with Crippen LogP contribution in [0, 0.1) is 0 Å². The van der Waals surface area contributed by atoms with Gasteiger partial charge in [-0.3, -0.25) is 14.4 Å². The number of rotatable bonds is 5. The van der Waals surface area contributed by atoms with Gasteiger partial charge in [0.2, 0.25) is 5.91 Å². The van der Waals surface area contributed by atoms with E-state index in [1.54, 1.807) is 24.3 Å². The van der Waals surface area contributed by atoms with Crippen LogP contribution in [0.5, 0.6) is 5.75 Å². The van der Waals surface area contributed by atoms with Crippen LogP contribution in [-0.2, 0) is 22.0 Å². The number of anilines is 1. The Hall–Kier alpha value is -4.03. The normalized spacial score (nSPS) is 15.3. The topological polar surface area (TPSA) is 96.4 Å². The number of phenols is 1. The lowest BCUT2D eigenvalue weighted by Gasteiger charge is -2.28. The number of nitrogens with one attached hydrogen (secondary N) is 1. The Morgan fingerprint density at radius 1 is 0.881 bits per heavy atom. The largest absolute Gasteiger partial charge is 0.507 e. The van der Waals surface area contributed by atoms with Crippen molar-refractivity contribution >= 4 is 45.7 Å². The van der Waals surface area contributed by atoms with E-state index in [0.29, 0.717) is 45.2 Å². The van der Waals surface area contributed by atoms with Crippen LogP contribution in [0.3, 0.4) is 0 Å². The van der Waals surface area contributed by atoms with Crippen LogP contribution in [0.15, 0.2) is 60.7 Å². The summed E-state index contributed by atoms with van der Waals surface area (Å²) in [5.74, 6) is -1.56. The van der Waals surface area contributed by atoms with Crippen LogP contribution < -0.4 is 5.32 Å². The molecule has 1 aromatic heterocycles. The second-order valence-corrected chi connectivity index (χ2v) is 13.5. The van der Waals surface area contributed by atoms with E-state index in [0.717, 1.165) is 22.1 Å². The van der Waals surface area contributed by atoms with Gasteiger partial charge in [-0.25, -0.2) is 4.98 Å². The fourth-order valence-corrected chi connectivity index (χ4v) is 5.68. The molecule has 0 aliphatic heterocycles. The van der Waals surface area contributed by atoms with Crippen LogP contribution in [0.25, 0.3) is 10.9 Å². The number of carbonyl (C=O) groups excluding carboxylic acids is 3. The molecular weight excluding hydrogens is 548 g/mol. The molecule has 0 bridgehead atoms. The van der Waals surface area contributed by atoms with Crippen molar-refractivity contribution in [3.63, 3.8) is 0 Å². The maximum absolute atomic E-state index is 13.2. The van der Waals surface area contributed by atoms with Crippen molar-refractivity contribution in [2.75, 3.05) is 5.32 Å². The predicted molar refractivity (Wildman–Crippen MR) is 167 cm³/mol. The number of benzene rings is 3. The number of Topliss-reactive ketones (excluding diaryl/α,β-unsaturated/α-hetero) is 2. The molecule has 0 unspecified atom stereocenters. The fraction of sp³-hybridized carbons (Fsp3) is 0.314. The van der Waals surface area contributed by atoms with E-state index in [4.69, 9.17) is 16.6 Å². The number of halogens is 1. The maximum atomic E-state index is 13.2. The van der Waals surface area contributed by atoms with Crippen LogP contribution in [0.2, 0.25) is 5.02 Å². The summed E-state index contributed by atoms with van der Waals surface area (Å²) in [5, 5.41) is 15.2. The minimum Gasteiger partial charge on any atom is -0.507 e. The van der Waals surface area contributed by atoms with Crippen LogP contribution in [0.1, 0.15) is 97.0 Å². The van der Waals surface area contributed by atoms with E-state index in [9.17, 15) is 19.5 Å². The minimum atomic E-state index is -1.05. The molecule has 6 nitrogen and oxygen atoms in total. The van der Waals surface area contributed by atoms with Crippen LogP contribution >= 0.6 is 11.6 Å². The number of hydrogen-bond acceptors (Lipinski definition) is 5. The van der Waals surface area contributed by atoms with Crippen LogP contribution in [-0.4, -0.2) is 27.6 Å². The van der Waals surface area contributed by atoms with E-state index in [1.807, 2.05) is 30.3 Å². The molecule has 0 fully saturated rings. The molecule has 0 saturated carbocycles. The fourth-order valence-electron chi connectivity index (χ4n) is 5.51. The number of aromatic nitrogens is 1.